The third-order valence-corrected chi connectivity index (χ3v) is 12.4. The second kappa shape index (κ2) is 24.7. The Bertz CT molecular complexity index is 1590. The summed E-state index contributed by atoms with van der Waals surface area (Å²) in [6, 6.07) is -2.03. The number of hydrogen-bond acceptors (Lipinski definition) is 30. The molecule has 6 heterocycles. The summed E-state index contributed by atoms with van der Waals surface area (Å²) in [4.78, 5) is 2.59. The van der Waals surface area contributed by atoms with Crippen LogP contribution in [0, 0.1) is 0 Å². The van der Waals surface area contributed by atoms with Crippen LogP contribution in [0.4, 0.5) is 0 Å². The maximum atomic E-state index is 10.7. The molecule has 0 spiro atoms. The zero-order chi connectivity index (χ0) is 50.6. The SMILES string of the molecule is CC1OC(OC2C(CO)OC(OC3C(CO)OC(O)C(O)[C@@H]3O)C(O)C2O)C(O)C(O)C1N.CC1OC(OC2C(CO)OC(OC3C(CO)OC(O)C(O)[C@@H]3O)C(O)C2O)C(O)C(O)C1N=[N+]=[N-]. The molecule has 0 aliphatic carbocycles. The number of ether oxygens (including phenoxy) is 10. The molecule has 0 aromatic rings. The average Bonchev–Trinajstić information content (AvgIpc) is 3.32. The van der Waals surface area contributed by atoms with Crippen molar-refractivity contribution in [3.63, 3.8) is 0 Å². The van der Waals surface area contributed by atoms with Crippen LogP contribution in [0.15, 0.2) is 5.11 Å². The lowest BCUT2D eigenvalue weighted by Crippen LogP contribution is -2.66. The molecular formula is C36H64N4O28. The van der Waals surface area contributed by atoms with Crippen molar-refractivity contribution in [3.05, 3.63) is 10.4 Å². The quantitative estimate of drug-likeness (QED) is 0.0463. The van der Waals surface area contributed by atoms with Gasteiger partial charge in [-0.05, 0) is 19.4 Å². The Kier molecular flexibility index (Phi) is 20.7. The lowest BCUT2D eigenvalue weighted by molar-refractivity contribution is -0.373. The fourth-order valence-corrected chi connectivity index (χ4v) is 8.27. The van der Waals surface area contributed by atoms with E-state index in [2.05, 4.69) is 10.0 Å². The number of nitrogens with zero attached hydrogens (tertiary/aromatic N) is 3. The molecule has 0 aromatic heterocycles. The molecule has 20 N–H and O–H groups in total. The molecule has 0 bridgehead atoms. The fourth-order valence-electron chi connectivity index (χ4n) is 8.27. The normalized spacial score (nSPS) is 52.3. The summed E-state index contributed by atoms with van der Waals surface area (Å²) < 4.78 is 53.7. The average molecular weight is 1000 g/mol. The van der Waals surface area contributed by atoms with E-state index < -0.39 is 211 Å². The molecule has 0 saturated carbocycles. The van der Waals surface area contributed by atoms with E-state index in [1.54, 1.807) is 0 Å². The van der Waals surface area contributed by atoms with Crippen LogP contribution in [-0.4, -0.2) is 302 Å². The minimum absolute atomic E-state index is 0.728. The number of nitrogens with two attached hydrogens (primary N) is 1. The topological polar surface area (TPSA) is 531 Å². The van der Waals surface area contributed by atoms with Crippen LogP contribution in [0.5, 0.6) is 0 Å². The van der Waals surface area contributed by atoms with E-state index in [-0.39, 0.29) is 0 Å². The molecule has 32 nitrogen and oxygen atoms in total. The summed E-state index contributed by atoms with van der Waals surface area (Å²) in [5.74, 6) is 0. The lowest BCUT2D eigenvalue weighted by Gasteiger charge is -2.47. The number of aliphatic hydroxyl groups excluding tert-OH is 18. The first-order valence-electron chi connectivity index (χ1n) is 21.4. The van der Waals surface area contributed by atoms with E-state index in [1.165, 1.54) is 13.8 Å². The van der Waals surface area contributed by atoms with Crippen molar-refractivity contribution in [2.45, 2.75) is 198 Å². The van der Waals surface area contributed by atoms with Gasteiger partial charge in [0.25, 0.3) is 0 Å². The minimum atomic E-state index is -1.88. The van der Waals surface area contributed by atoms with Gasteiger partial charge < -0.3 is 145 Å². The molecule has 396 valence electrons. The van der Waals surface area contributed by atoms with E-state index >= 15 is 0 Å². The molecule has 6 aliphatic heterocycles. The molecule has 0 aromatic carbocycles. The van der Waals surface area contributed by atoms with E-state index in [0.29, 0.717) is 0 Å². The van der Waals surface area contributed by atoms with E-state index in [1.807, 2.05) is 0 Å². The van der Waals surface area contributed by atoms with Gasteiger partial charge in [-0.3, -0.25) is 0 Å². The highest BCUT2D eigenvalue weighted by molar-refractivity contribution is 4.99. The van der Waals surface area contributed by atoms with Gasteiger partial charge in [0.05, 0.1) is 56.8 Å². The van der Waals surface area contributed by atoms with Crippen LogP contribution in [-0.2, 0) is 47.4 Å². The maximum absolute atomic E-state index is 10.7. The first kappa shape index (κ1) is 57.1. The van der Waals surface area contributed by atoms with Crippen LogP contribution in [0.25, 0.3) is 10.4 Å². The Morgan fingerprint density at radius 2 is 0.706 bits per heavy atom. The first-order valence-corrected chi connectivity index (χ1v) is 21.4. The maximum Gasteiger partial charge on any atom is 0.187 e. The van der Waals surface area contributed by atoms with Crippen LogP contribution in [0.2, 0.25) is 0 Å². The summed E-state index contributed by atoms with van der Waals surface area (Å²) in [5.41, 5.74) is 14.3. The summed E-state index contributed by atoms with van der Waals surface area (Å²) in [6.45, 7) is -0.0335. The van der Waals surface area contributed by atoms with Crippen molar-refractivity contribution < 1.29 is 139 Å². The van der Waals surface area contributed by atoms with Crippen molar-refractivity contribution in [1.29, 1.82) is 0 Å². The zero-order valence-electron chi connectivity index (χ0n) is 36.2. The first-order chi connectivity index (χ1) is 32.1. The molecule has 6 rings (SSSR count). The van der Waals surface area contributed by atoms with Crippen molar-refractivity contribution >= 4 is 0 Å². The predicted molar refractivity (Wildman–Crippen MR) is 209 cm³/mol. The number of rotatable bonds is 13. The van der Waals surface area contributed by atoms with Crippen molar-refractivity contribution in [2.75, 3.05) is 26.4 Å². The molecule has 32 heteroatoms. The molecular weight excluding hydrogens is 936 g/mol. The highest BCUT2D eigenvalue weighted by Gasteiger charge is 2.55. The molecule has 6 saturated heterocycles. The molecule has 6 fully saturated rings. The zero-order valence-corrected chi connectivity index (χ0v) is 36.2. The Labute approximate surface area is 384 Å². The minimum Gasteiger partial charge on any atom is -0.394 e. The van der Waals surface area contributed by atoms with Gasteiger partial charge in [0.2, 0.25) is 0 Å². The van der Waals surface area contributed by atoms with Crippen LogP contribution >= 0.6 is 0 Å². The number of hydrogen-bond donors (Lipinski definition) is 19. The molecule has 30 atom stereocenters. The third-order valence-electron chi connectivity index (χ3n) is 12.4. The van der Waals surface area contributed by atoms with Gasteiger partial charge in [-0.15, -0.1) is 0 Å². The summed E-state index contributed by atoms with van der Waals surface area (Å²) in [7, 11) is 0. The Morgan fingerprint density at radius 3 is 1.06 bits per heavy atom. The Balaban J connectivity index is 0.000000255. The van der Waals surface area contributed by atoms with Crippen molar-refractivity contribution in [3.8, 4) is 0 Å². The van der Waals surface area contributed by atoms with Gasteiger partial charge in [-0.1, -0.05) is 5.11 Å². The Morgan fingerprint density at radius 1 is 0.412 bits per heavy atom. The van der Waals surface area contributed by atoms with Crippen molar-refractivity contribution in [1.82, 2.24) is 0 Å². The van der Waals surface area contributed by atoms with Gasteiger partial charge in [-0.2, -0.15) is 0 Å². The van der Waals surface area contributed by atoms with E-state index in [4.69, 9.17) is 58.6 Å². The van der Waals surface area contributed by atoms with Gasteiger partial charge >= 0.3 is 0 Å². The summed E-state index contributed by atoms with van der Waals surface area (Å²) >= 11 is 0. The third kappa shape index (κ3) is 12.1. The Hall–Kier alpha value is -1.85. The van der Waals surface area contributed by atoms with Gasteiger partial charge in [0.15, 0.2) is 37.7 Å². The summed E-state index contributed by atoms with van der Waals surface area (Å²) in [6.07, 6.45) is -43.8. The smallest absolute Gasteiger partial charge is 0.187 e. The number of aliphatic hydroxyl groups is 18. The lowest BCUT2D eigenvalue weighted by atomic mass is 9.95. The largest absolute Gasteiger partial charge is 0.394 e. The van der Waals surface area contributed by atoms with Crippen LogP contribution in [0.3, 0.4) is 0 Å². The van der Waals surface area contributed by atoms with Crippen molar-refractivity contribution in [2.24, 2.45) is 10.8 Å². The molecule has 0 radical (unpaired) electrons. The van der Waals surface area contributed by atoms with Crippen LogP contribution < -0.4 is 5.73 Å². The molecule has 0 amide bonds. The standard InChI is InChI=1S/C18H31N3O14.C18H33NO14/c1-4-7(20-21-19)8(24)12(28)17(31-4)34-15-6(3-23)33-18(13(29)10(15)26)35-14-5(2-22)32-16(30)11(27)9(14)25;1-4-7(19)8(22)12(26)17(29-4)32-15-6(3-21)31-18(13(27)10(15)24)33-14-5(2-20)30-16(28)11(25)9(14)23/h4-18,22-30H,2-3H2,1H3;4-18,20-28H,2-3,19H2,1H3/t2*4?,5?,6?,7?,8?,9-,10?,11?,12?,13?,14?,15?,16?,17?,18?/m00/s1. The van der Waals surface area contributed by atoms with Crippen LogP contribution in [0.1, 0.15) is 13.8 Å². The number of azide groups is 1. The second-order valence-electron chi connectivity index (χ2n) is 16.9. The highest BCUT2D eigenvalue weighted by atomic mass is 16.8. The molecule has 68 heavy (non-hydrogen) atoms. The van der Waals surface area contributed by atoms with E-state index in [0.717, 1.165) is 0 Å². The van der Waals surface area contributed by atoms with Gasteiger partial charge in [-0.25, -0.2) is 0 Å². The predicted octanol–water partition coefficient (Wildman–Crippen LogP) is -11.8. The van der Waals surface area contributed by atoms with Gasteiger partial charge in [0, 0.05) is 4.91 Å². The monoisotopic (exact) mass is 1000 g/mol. The van der Waals surface area contributed by atoms with E-state index in [9.17, 15) is 91.9 Å². The highest BCUT2D eigenvalue weighted by Crippen LogP contribution is 2.34. The second-order valence-corrected chi connectivity index (χ2v) is 16.9. The summed E-state index contributed by atoms with van der Waals surface area (Å²) in [5, 5.41) is 184. The fraction of sp³-hybridized carbons (Fsp3) is 1.00. The molecule has 28 unspecified atom stereocenters. The molecule has 6 aliphatic rings. The van der Waals surface area contributed by atoms with Gasteiger partial charge in [0.1, 0.15) is 116 Å².